The summed E-state index contributed by atoms with van der Waals surface area (Å²) in [7, 11) is 1.80. The molecule has 2 heterocycles. The average molecular weight is 238 g/mol. The van der Waals surface area contributed by atoms with E-state index >= 15 is 0 Å². The molecule has 1 aliphatic heterocycles. The van der Waals surface area contributed by atoms with Crippen molar-refractivity contribution in [1.29, 1.82) is 0 Å². The Labute approximate surface area is 100 Å². The van der Waals surface area contributed by atoms with E-state index in [1.54, 1.807) is 11.7 Å². The molecule has 0 spiro atoms. The Morgan fingerprint density at radius 1 is 1.71 bits per heavy atom. The van der Waals surface area contributed by atoms with Crippen molar-refractivity contribution in [1.82, 2.24) is 15.1 Å². The molecule has 1 aromatic heterocycles. The monoisotopic (exact) mass is 238 g/mol. The van der Waals surface area contributed by atoms with Gasteiger partial charge in [-0.2, -0.15) is 5.10 Å². The Balaban J connectivity index is 2.03. The van der Waals surface area contributed by atoms with Crippen LogP contribution in [0.4, 0.5) is 5.82 Å². The molecular formula is C11H18N4O2. The second-order valence-corrected chi connectivity index (χ2v) is 4.29. The predicted octanol–water partition coefficient (Wildman–Crippen LogP) is 0.0439. The number of hydrogen-bond donors (Lipinski definition) is 2. The summed E-state index contributed by atoms with van der Waals surface area (Å²) in [6.07, 6.45) is -0.113. The topological polar surface area (TPSA) is 68.2 Å². The summed E-state index contributed by atoms with van der Waals surface area (Å²) in [5, 5.41) is 10.2. The van der Waals surface area contributed by atoms with Crippen LogP contribution in [-0.2, 0) is 16.6 Å². The van der Waals surface area contributed by atoms with Crippen LogP contribution in [0.15, 0.2) is 6.07 Å². The van der Waals surface area contributed by atoms with Gasteiger partial charge in [-0.3, -0.25) is 9.48 Å². The van der Waals surface area contributed by atoms with Gasteiger partial charge in [-0.05, 0) is 13.8 Å². The number of aromatic nitrogens is 2. The standard InChI is InChI=1S/C11H18N4O2/c1-7-6-9(15(3)14-7)13-11(16)10-8(2)17-5-4-12-10/h6,8,10,12H,4-5H2,1-3H3,(H,13,16)/t8-,10+/m1/s1. The second kappa shape index (κ2) is 4.85. The molecule has 0 aromatic carbocycles. The zero-order chi connectivity index (χ0) is 12.4. The van der Waals surface area contributed by atoms with E-state index in [0.29, 0.717) is 19.0 Å². The van der Waals surface area contributed by atoms with Gasteiger partial charge >= 0.3 is 0 Å². The van der Waals surface area contributed by atoms with E-state index in [2.05, 4.69) is 15.7 Å². The quantitative estimate of drug-likeness (QED) is 0.763. The van der Waals surface area contributed by atoms with Crippen molar-refractivity contribution in [2.24, 2.45) is 7.05 Å². The summed E-state index contributed by atoms with van der Waals surface area (Å²) < 4.78 is 7.09. The van der Waals surface area contributed by atoms with E-state index in [1.807, 2.05) is 19.9 Å². The lowest BCUT2D eigenvalue weighted by atomic mass is 10.1. The number of aryl methyl sites for hydroxylation is 2. The van der Waals surface area contributed by atoms with Gasteiger partial charge in [0, 0.05) is 19.7 Å². The van der Waals surface area contributed by atoms with E-state index in [-0.39, 0.29) is 18.1 Å². The van der Waals surface area contributed by atoms with E-state index < -0.39 is 0 Å². The van der Waals surface area contributed by atoms with Crippen LogP contribution < -0.4 is 10.6 Å². The first-order chi connectivity index (χ1) is 8.08. The highest BCUT2D eigenvalue weighted by atomic mass is 16.5. The number of amides is 1. The fourth-order valence-electron chi connectivity index (χ4n) is 1.96. The maximum atomic E-state index is 12.0. The highest BCUT2D eigenvalue weighted by Gasteiger charge is 2.28. The van der Waals surface area contributed by atoms with Crippen LogP contribution >= 0.6 is 0 Å². The normalized spacial score (nSPS) is 24.6. The molecule has 6 nitrogen and oxygen atoms in total. The molecule has 0 radical (unpaired) electrons. The summed E-state index contributed by atoms with van der Waals surface area (Å²) in [5.41, 5.74) is 0.878. The summed E-state index contributed by atoms with van der Waals surface area (Å²) in [6, 6.07) is 1.53. The van der Waals surface area contributed by atoms with Crippen molar-refractivity contribution < 1.29 is 9.53 Å². The smallest absolute Gasteiger partial charge is 0.245 e. The first-order valence-corrected chi connectivity index (χ1v) is 5.74. The number of anilines is 1. The molecule has 1 aliphatic rings. The predicted molar refractivity (Wildman–Crippen MR) is 63.8 cm³/mol. The third-order valence-corrected chi connectivity index (χ3v) is 2.85. The molecule has 0 aliphatic carbocycles. The highest BCUT2D eigenvalue weighted by Crippen LogP contribution is 2.11. The van der Waals surface area contributed by atoms with Gasteiger partial charge in [0.2, 0.25) is 5.91 Å². The molecule has 2 N–H and O–H groups in total. The second-order valence-electron chi connectivity index (χ2n) is 4.29. The molecule has 1 saturated heterocycles. The first kappa shape index (κ1) is 12.1. The van der Waals surface area contributed by atoms with E-state index in [0.717, 1.165) is 5.69 Å². The molecule has 17 heavy (non-hydrogen) atoms. The molecule has 0 saturated carbocycles. The number of nitrogens with zero attached hydrogens (tertiary/aromatic N) is 2. The number of ether oxygens (including phenoxy) is 1. The maximum Gasteiger partial charge on any atom is 0.245 e. The molecule has 0 bridgehead atoms. The van der Waals surface area contributed by atoms with Gasteiger partial charge in [-0.15, -0.1) is 0 Å². The van der Waals surface area contributed by atoms with E-state index in [1.165, 1.54) is 0 Å². The van der Waals surface area contributed by atoms with E-state index in [9.17, 15) is 4.79 Å². The number of rotatable bonds is 2. The fraction of sp³-hybridized carbons (Fsp3) is 0.636. The minimum Gasteiger partial charge on any atom is -0.375 e. The van der Waals surface area contributed by atoms with Crippen LogP contribution in [0.2, 0.25) is 0 Å². The molecular weight excluding hydrogens is 220 g/mol. The van der Waals surface area contributed by atoms with Gasteiger partial charge in [0.1, 0.15) is 11.9 Å². The number of nitrogens with one attached hydrogen (secondary N) is 2. The summed E-state index contributed by atoms with van der Waals surface area (Å²) >= 11 is 0. The Hall–Kier alpha value is -1.40. The van der Waals surface area contributed by atoms with Crippen molar-refractivity contribution in [2.45, 2.75) is 26.0 Å². The zero-order valence-electron chi connectivity index (χ0n) is 10.4. The molecule has 1 amide bonds. The number of hydrogen-bond acceptors (Lipinski definition) is 4. The molecule has 1 fully saturated rings. The van der Waals surface area contributed by atoms with Gasteiger partial charge in [-0.25, -0.2) is 0 Å². The van der Waals surface area contributed by atoms with Gasteiger partial charge in [0.15, 0.2) is 0 Å². The largest absolute Gasteiger partial charge is 0.375 e. The zero-order valence-corrected chi connectivity index (χ0v) is 10.4. The van der Waals surface area contributed by atoms with Gasteiger partial charge < -0.3 is 15.4 Å². The van der Waals surface area contributed by atoms with Crippen molar-refractivity contribution >= 4 is 11.7 Å². The Kier molecular flexibility index (Phi) is 3.44. The van der Waals surface area contributed by atoms with Crippen molar-refractivity contribution in [3.05, 3.63) is 11.8 Å². The number of morpholine rings is 1. The summed E-state index contributed by atoms with van der Waals surface area (Å²) in [6.45, 7) is 5.13. The van der Waals surface area contributed by atoms with Crippen molar-refractivity contribution in [3.63, 3.8) is 0 Å². The van der Waals surface area contributed by atoms with Gasteiger partial charge in [0.25, 0.3) is 0 Å². The molecule has 2 rings (SSSR count). The van der Waals surface area contributed by atoms with E-state index in [4.69, 9.17) is 4.74 Å². The highest BCUT2D eigenvalue weighted by molar-refractivity contribution is 5.94. The van der Waals surface area contributed by atoms with Gasteiger partial charge in [-0.1, -0.05) is 0 Å². The molecule has 2 atom stereocenters. The van der Waals surface area contributed by atoms with Crippen molar-refractivity contribution in [3.8, 4) is 0 Å². The van der Waals surface area contributed by atoms with Crippen LogP contribution in [0.5, 0.6) is 0 Å². The minimum absolute atomic E-state index is 0.0831. The van der Waals surface area contributed by atoms with Gasteiger partial charge in [0.05, 0.1) is 18.4 Å². The fourth-order valence-corrected chi connectivity index (χ4v) is 1.96. The van der Waals surface area contributed by atoms with Crippen LogP contribution in [0, 0.1) is 6.92 Å². The number of carbonyl (C=O) groups excluding carboxylic acids is 1. The number of carbonyl (C=O) groups is 1. The minimum atomic E-state index is -0.307. The van der Waals surface area contributed by atoms with Crippen LogP contribution in [-0.4, -0.2) is 41.0 Å². The maximum absolute atomic E-state index is 12.0. The summed E-state index contributed by atoms with van der Waals surface area (Å²) in [5.74, 6) is 0.618. The summed E-state index contributed by atoms with van der Waals surface area (Å²) in [4.78, 5) is 12.0. The lowest BCUT2D eigenvalue weighted by Crippen LogP contribution is -2.53. The SMILES string of the molecule is Cc1cc(NC(=O)[C@H]2NCCO[C@@H]2C)n(C)n1. The molecule has 0 unspecified atom stereocenters. The van der Waals surface area contributed by atoms with Crippen LogP contribution in [0.25, 0.3) is 0 Å². The molecule has 1 aromatic rings. The first-order valence-electron chi connectivity index (χ1n) is 5.74. The average Bonchev–Trinajstić information content (AvgIpc) is 2.58. The third kappa shape index (κ3) is 2.65. The molecule has 94 valence electrons. The van der Waals surface area contributed by atoms with Crippen LogP contribution in [0.1, 0.15) is 12.6 Å². The lowest BCUT2D eigenvalue weighted by molar-refractivity contribution is -0.123. The Morgan fingerprint density at radius 2 is 2.47 bits per heavy atom. The lowest BCUT2D eigenvalue weighted by Gasteiger charge is -2.29. The van der Waals surface area contributed by atoms with Crippen molar-refractivity contribution in [2.75, 3.05) is 18.5 Å². The van der Waals surface area contributed by atoms with Crippen LogP contribution in [0.3, 0.4) is 0 Å². The molecule has 6 heteroatoms. The Morgan fingerprint density at radius 3 is 3.06 bits per heavy atom. The third-order valence-electron chi connectivity index (χ3n) is 2.85. The Bertz CT molecular complexity index is 416.